The summed E-state index contributed by atoms with van der Waals surface area (Å²) < 4.78 is 0. The molecule has 0 atom stereocenters. The Morgan fingerprint density at radius 2 is 1.73 bits per heavy atom. The quantitative estimate of drug-likeness (QED) is 0.649. The summed E-state index contributed by atoms with van der Waals surface area (Å²) in [6.07, 6.45) is 0.970. The van der Waals surface area contributed by atoms with E-state index in [0.717, 1.165) is 38.3 Å². The van der Waals surface area contributed by atoms with E-state index in [-0.39, 0.29) is 5.91 Å². The molecule has 0 aromatic heterocycles. The first kappa shape index (κ1) is 18.3. The number of anilines is 2. The number of amides is 1. The summed E-state index contributed by atoms with van der Waals surface area (Å²) >= 11 is 0. The predicted molar refractivity (Wildman–Crippen MR) is 94.7 cm³/mol. The van der Waals surface area contributed by atoms with Crippen molar-refractivity contribution in [2.45, 2.75) is 20.3 Å². The maximum Gasteiger partial charge on any atom is 0.239 e. The zero-order valence-electron chi connectivity index (χ0n) is 14.4. The number of benzene rings is 1. The van der Waals surface area contributed by atoms with Gasteiger partial charge in [-0.25, -0.2) is 0 Å². The Balaban J connectivity index is 2.31. The third-order valence-electron chi connectivity index (χ3n) is 3.55. The largest absolute Gasteiger partial charge is 0.376 e. The fourth-order valence-electron chi connectivity index (χ4n) is 2.25. The molecule has 5 heteroatoms. The molecule has 0 radical (unpaired) electrons. The lowest BCUT2D eigenvalue weighted by Crippen LogP contribution is -2.32. The molecule has 2 N–H and O–H groups in total. The van der Waals surface area contributed by atoms with Crippen molar-refractivity contribution in [1.29, 1.82) is 0 Å². The molecule has 0 spiro atoms. The highest BCUT2D eigenvalue weighted by atomic mass is 16.1. The second-order valence-corrected chi connectivity index (χ2v) is 5.58. The second kappa shape index (κ2) is 10.1. The zero-order valence-corrected chi connectivity index (χ0v) is 14.4. The summed E-state index contributed by atoms with van der Waals surface area (Å²) in [7, 11) is 4.07. The summed E-state index contributed by atoms with van der Waals surface area (Å²) in [5, 5.41) is 6.08. The normalized spacial score (nSPS) is 10.6. The molecule has 1 aromatic rings. The van der Waals surface area contributed by atoms with Crippen LogP contribution in [0.15, 0.2) is 24.3 Å². The van der Waals surface area contributed by atoms with Gasteiger partial charge in [0, 0.05) is 31.0 Å². The van der Waals surface area contributed by atoms with Crippen LogP contribution >= 0.6 is 0 Å². The number of hydrogen-bond acceptors (Lipinski definition) is 4. The van der Waals surface area contributed by atoms with E-state index in [1.54, 1.807) is 0 Å². The van der Waals surface area contributed by atoms with Crippen LogP contribution in [0.2, 0.25) is 0 Å². The van der Waals surface area contributed by atoms with Gasteiger partial charge >= 0.3 is 0 Å². The minimum atomic E-state index is 0.0339. The predicted octanol–water partition coefficient (Wildman–Crippen LogP) is 2.01. The topological polar surface area (TPSA) is 47.6 Å². The molecule has 0 unspecified atom stereocenters. The van der Waals surface area contributed by atoms with Crippen LogP contribution in [-0.4, -0.2) is 57.6 Å². The molecule has 5 nitrogen and oxygen atoms in total. The number of carbonyl (C=O) groups is 1. The Bertz CT molecular complexity index is 427. The van der Waals surface area contributed by atoms with Gasteiger partial charge in [0.2, 0.25) is 5.91 Å². The van der Waals surface area contributed by atoms with Gasteiger partial charge in [-0.15, -0.1) is 0 Å². The Morgan fingerprint density at radius 1 is 1.09 bits per heavy atom. The van der Waals surface area contributed by atoms with Crippen LogP contribution in [-0.2, 0) is 4.79 Å². The van der Waals surface area contributed by atoms with Gasteiger partial charge in [0.25, 0.3) is 0 Å². The van der Waals surface area contributed by atoms with Crippen LogP contribution in [0.1, 0.15) is 20.3 Å². The molecule has 0 saturated heterocycles. The fraction of sp³-hybridized carbons (Fsp3) is 0.588. The number of hydrogen-bond donors (Lipinski definition) is 2. The molecule has 22 heavy (non-hydrogen) atoms. The first-order valence-corrected chi connectivity index (χ1v) is 8.07. The fourth-order valence-corrected chi connectivity index (χ4v) is 2.25. The van der Waals surface area contributed by atoms with Crippen LogP contribution in [0.25, 0.3) is 0 Å². The van der Waals surface area contributed by atoms with Crippen LogP contribution in [0.3, 0.4) is 0 Å². The maximum absolute atomic E-state index is 11.7. The Kier molecular flexibility index (Phi) is 8.36. The van der Waals surface area contributed by atoms with Crippen molar-refractivity contribution in [2.24, 2.45) is 0 Å². The van der Waals surface area contributed by atoms with Crippen molar-refractivity contribution >= 4 is 17.3 Å². The van der Waals surface area contributed by atoms with Crippen molar-refractivity contribution in [3.8, 4) is 0 Å². The van der Waals surface area contributed by atoms with Crippen molar-refractivity contribution in [3.05, 3.63) is 24.3 Å². The maximum atomic E-state index is 11.7. The Morgan fingerprint density at radius 3 is 2.27 bits per heavy atom. The number of carbonyl (C=O) groups excluding carboxylic acids is 1. The third-order valence-corrected chi connectivity index (χ3v) is 3.55. The third kappa shape index (κ3) is 6.80. The molecule has 124 valence electrons. The lowest BCUT2D eigenvalue weighted by molar-refractivity contribution is -0.119. The lowest BCUT2D eigenvalue weighted by Gasteiger charge is -2.21. The molecule has 1 amide bonds. The molecular formula is C17H30N4O. The molecule has 0 heterocycles. The molecule has 0 aliphatic carbocycles. The van der Waals surface area contributed by atoms with Crippen molar-refractivity contribution in [1.82, 2.24) is 10.2 Å². The van der Waals surface area contributed by atoms with Gasteiger partial charge in [0.05, 0.1) is 6.54 Å². The van der Waals surface area contributed by atoms with E-state index in [0.29, 0.717) is 6.54 Å². The van der Waals surface area contributed by atoms with Gasteiger partial charge in [-0.1, -0.05) is 0 Å². The molecule has 0 bridgehead atoms. The lowest BCUT2D eigenvalue weighted by atomic mass is 10.2. The zero-order chi connectivity index (χ0) is 16.4. The molecular weight excluding hydrogens is 276 g/mol. The monoisotopic (exact) mass is 306 g/mol. The molecule has 0 fully saturated rings. The SMILES string of the molecule is CCN(CC)c1ccc(NCC(=O)NCCCN(C)C)cc1. The van der Waals surface area contributed by atoms with E-state index in [1.807, 2.05) is 26.2 Å². The molecule has 1 rings (SSSR count). The van der Waals surface area contributed by atoms with Gasteiger partial charge < -0.3 is 20.4 Å². The van der Waals surface area contributed by atoms with E-state index in [4.69, 9.17) is 0 Å². The van der Waals surface area contributed by atoms with Crippen LogP contribution in [0, 0.1) is 0 Å². The summed E-state index contributed by atoms with van der Waals surface area (Å²) in [5.41, 5.74) is 2.18. The van der Waals surface area contributed by atoms with E-state index in [2.05, 4.69) is 46.4 Å². The minimum Gasteiger partial charge on any atom is -0.376 e. The number of rotatable bonds is 10. The highest BCUT2D eigenvalue weighted by molar-refractivity contribution is 5.80. The second-order valence-electron chi connectivity index (χ2n) is 5.58. The summed E-state index contributed by atoms with van der Waals surface area (Å²) in [5.74, 6) is 0.0339. The minimum absolute atomic E-state index is 0.0339. The number of nitrogens with zero attached hydrogens (tertiary/aromatic N) is 2. The van der Waals surface area contributed by atoms with Crippen molar-refractivity contribution in [2.75, 3.05) is 57.0 Å². The van der Waals surface area contributed by atoms with Crippen LogP contribution in [0.5, 0.6) is 0 Å². The first-order valence-electron chi connectivity index (χ1n) is 8.07. The van der Waals surface area contributed by atoms with Crippen molar-refractivity contribution < 1.29 is 4.79 Å². The smallest absolute Gasteiger partial charge is 0.239 e. The summed E-state index contributed by atoms with van der Waals surface area (Å²) in [6, 6.07) is 8.22. The van der Waals surface area contributed by atoms with Gasteiger partial charge in [0.1, 0.15) is 0 Å². The van der Waals surface area contributed by atoms with Crippen LogP contribution in [0.4, 0.5) is 11.4 Å². The Labute approximate surface area is 134 Å². The van der Waals surface area contributed by atoms with E-state index < -0.39 is 0 Å². The van der Waals surface area contributed by atoms with E-state index in [1.165, 1.54) is 5.69 Å². The summed E-state index contributed by atoms with van der Waals surface area (Å²) in [6.45, 7) is 8.32. The molecule has 0 aliphatic heterocycles. The highest BCUT2D eigenvalue weighted by Crippen LogP contribution is 2.17. The van der Waals surface area contributed by atoms with Crippen molar-refractivity contribution in [3.63, 3.8) is 0 Å². The number of nitrogens with one attached hydrogen (secondary N) is 2. The highest BCUT2D eigenvalue weighted by Gasteiger charge is 2.03. The van der Waals surface area contributed by atoms with Gasteiger partial charge in [-0.3, -0.25) is 4.79 Å². The van der Waals surface area contributed by atoms with Gasteiger partial charge in [-0.05, 0) is 65.2 Å². The van der Waals surface area contributed by atoms with Gasteiger partial charge in [0.15, 0.2) is 0 Å². The molecule has 1 aromatic carbocycles. The molecule has 0 saturated carbocycles. The van der Waals surface area contributed by atoms with Gasteiger partial charge in [-0.2, -0.15) is 0 Å². The van der Waals surface area contributed by atoms with E-state index >= 15 is 0 Å². The first-order chi connectivity index (χ1) is 10.6. The van der Waals surface area contributed by atoms with E-state index in [9.17, 15) is 4.79 Å². The van der Waals surface area contributed by atoms with Crippen LogP contribution < -0.4 is 15.5 Å². The average molecular weight is 306 g/mol. The Hall–Kier alpha value is -1.75. The molecule has 0 aliphatic rings. The summed E-state index contributed by atoms with van der Waals surface area (Å²) in [4.78, 5) is 16.1. The average Bonchev–Trinajstić information content (AvgIpc) is 2.52. The standard InChI is InChI=1S/C17H30N4O/c1-5-21(6-2)16-10-8-15(9-11-16)19-14-17(22)18-12-7-13-20(3)4/h8-11,19H,5-7,12-14H2,1-4H3,(H,18,22).